The summed E-state index contributed by atoms with van der Waals surface area (Å²) in [7, 11) is 2.18. The maximum absolute atomic E-state index is 3.45. The lowest BCUT2D eigenvalue weighted by Gasteiger charge is -2.26. The van der Waals surface area contributed by atoms with Crippen LogP contribution >= 0.6 is 0 Å². The van der Waals surface area contributed by atoms with E-state index in [2.05, 4.69) is 66.7 Å². The monoisotopic (exact) mass is 266 g/mol. The van der Waals surface area contributed by atoms with Gasteiger partial charge in [0, 0.05) is 25.8 Å². The number of nitrogens with zero attached hydrogens (tertiary/aromatic N) is 1. The first-order chi connectivity index (χ1) is 9.75. The number of hydrogen-bond acceptors (Lipinski definition) is 2. The lowest BCUT2D eigenvalue weighted by Crippen LogP contribution is -2.26. The SMILES string of the molecule is Cc1ccccc1N(C)Cc1cccc2c1CCNC2. The summed E-state index contributed by atoms with van der Waals surface area (Å²) >= 11 is 0. The van der Waals surface area contributed by atoms with Crippen molar-refractivity contribution in [3.8, 4) is 0 Å². The molecule has 1 heterocycles. The third-order valence-electron chi connectivity index (χ3n) is 4.17. The lowest BCUT2D eigenvalue weighted by atomic mass is 9.95. The van der Waals surface area contributed by atoms with Gasteiger partial charge in [-0.3, -0.25) is 0 Å². The Kier molecular flexibility index (Phi) is 3.75. The molecule has 1 N–H and O–H groups in total. The van der Waals surface area contributed by atoms with E-state index in [4.69, 9.17) is 0 Å². The van der Waals surface area contributed by atoms with Crippen LogP contribution in [0.3, 0.4) is 0 Å². The van der Waals surface area contributed by atoms with Crippen LogP contribution in [0.15, 0.2) is 42.5 Å². The maximum Gasteiger partial charge on any atom is 0.0429 e. The van der Waals surface area contributed by atoms with Gasteiger partial charge in [-0.2, -0.15) is 0 Å². The standard InChI is InChI=1S/C18H22N2/c1-14-6-3-4-9-18(14)20(2)13-16-8-5-7-15-12-19-11-10-17(15)16/h3-9,19H,10-13H2,1-2H3. The van der Waals surface area contributed by atoms with Crippen LogP contribution in [-0.4, -0.2) is 13.6 Å². The summed E-state index contributed by atoms with van der Waals surface area (Å²) in [5, 5.41) is 3.45. The molecule has 0 atom stereocenters. The van der Waals surface area contributed by atoms with Crippen molar-refractivity contribution in [2.45, 2.75) is 26.4 Å². The van der Waals surface area contributed by atoms with Gasteiger partial charge in [-0.15, -0.1) is 0 Å². The molecule has 0 fully saturated rings. The molecule has 2 aromatic rings. The molecule has 1 aliphatic heterocycles. The van der Waals surface area contributed by atoms with Gasteiger partial charge in [0.15, 0.2) is 0 Å². The van der Waals surface area contributed by atoms with Gasteiger partial charge < -0.3 is 10.2 Å². The van der Waals surface area contributed by atoms with E-state index in [1.807, 2.05) is 0 Å². The van der Waals surface area contributed by atoms with Crippen LogP contribution in [0.25, 0.3) is 0 Å². The number of nitrogens with one attached hydrogen (secondary N) is 1. The van der Waals surface area contributed by atoms with E-state index in [0.717, 1.165) is 26.1 Å². The molecule has 0 amide bonds. The van der Waals surface area contributed by atoms with E-state index in [0.29, 0.717) is 0 Å². The fraction of sp³-hybridized carbons (Fsp3) is 0.333. The molecular weight excluding hydrogens is 244 g/mol. The Hall–Kier alpha value is -1.80. The molecule has 2 nitrogen and oxygen atoms in total. The Morgan fingerprint density at radius 2 is 1.95 bits per heavy atom. The fourth-order valence-electron chi connectivity index (χ4n) is 3.09. The molecule has 1 aliphatic rings. The molecule has 0 aromatic heterocycles. The molecular formula is C18H22N2. The second kappa shape index (κ2) is 5.68. The highest BCUT2D eigenvalue weighted by atomic mass is 15.1. The van der Waals surface area contributed by atoms with E-state index in [9.17, 15) is 0 Å². The summed E-state index contributed by atoms with van der Waals surface area (Å²) in [5.41, 5.74) is 7.13. The van der Waals surface area contributed by atoms with Crippen molar-refractivity contribution >= 4 is 5.69 Å². The van der Waals surface area contributed by atoms with Gasteiger partial charge in [0.05, 0.1) is 0 Å². The molecule has 0 bridgehead atoms. The Bertz CT molecular complexity index is 604. The zero-order valence-corrected chi connectivity index (χ0v) is 12.3. The normalized spacial score (nSPS) is 13.9. The first-order valence-electron chi connectivity index (χ1n) is 7.33. The Balaban J connectivity index is 1.86. The number of para-hydroxylation sites is 1. The molecule has 0 unspecified atom stereocenters. The van der Waals surface area contributed by atoms with Crippen molar-refractivity contribution < 1.29 is 0 Å². The molecule has 0 saturated carbocycles. The van der Waals surface area contributed by atoms with Crippen LogP contribution in [0.2, 0.25) is 0 Å². The summed E-state index contributed by atoms with van der Waals surface area (Å²) < 4.78 is 0. The minimum Gasteiger partial charge on any atom is -0.370 e. The maximum atomic E-state index is 3.45. The summed E-state index contributed by atoms with van der Waals surface area (Å²) in [6.45, 7) is 5.26. The molecule has 0 radical (unpaired) electrons. The van der Waals surface area contributed by atoms with Gasteiger partial charge in [-0.05, 0) is 48.2 Å². The molecule has 0 spiro atoms. The third kappa shape index (κ3) is 2.56. The molecule has 104 valence electrons. The lowest BCUT2D eigenvalue weighted by molar-refractivity contribution is 0.637. The topological polar surface area (TPSA) is 15.3 Å². The van der Waals surface area contributed by atoms with Crippen molar-refractivity contribution in [1.82, 2.24) is 5.32 Å². The van der Waals surface area contributed by atoms with Crippen LogP contribution in [0.4, 0.5) is 5.69 Å². The van der Waals surface area contributed by atoms with Crippen LogP contribution in [0, 0.1) is 6.92 Å². The van der Waals surface area contributed by atoms with Crippen molar-refractivity contribution in [1.29, 1.82) is 0 Å². The quantitative estimate of drug-likeness (QED) is 0.917. The van der Waals surface area contributed by atoms with Crippen LogP contribution in [-0.2, 0) is 19.5 Å². The molecule has 3 rings (SSSR count). The second-order valence-corrected chi connectivity index (χ2v) is 5.62. The van der Waals surface area contributed by atoms with Gasteiger partial charge in [0.25, 0.3) is 0 Å². The Labute approximate surface area is 121 Å². The molecule has 2 heteroatoms. The zero-order valence-electron chi connectivity index (χ0n) is 12.3. The average molecular weight is 266 g/mol. The van der Waals surface area contributed by atoms with E-state index < -0.39 is 0 Å². The van der Waals surface area contributed by atoms with Gasteiger partial charge in [-0.25, -0.2) is 0 Å². The average Bonchev–Trinajstić information content (AvgIpc) is 2.48. The van der Waals surface area contributed by atoms with Crippen LogP contribution in [0.5, 0.6) is 0 Å². The van der Waals surface area contributed by atoms with E-state index in [1.54, 1.807) is 5.56 Å². The van der Waals surface area contributed by atoms with Gasteiger partial charge in [-0.1, -0.05) is 36.4 Å². The molecule has 0 aliphatic carbocycles. The minimum atomic E-state index is 0.980. The number of fused-ring (bicyclic) bond motifs is 1. The minimum absolute atomic E-state index is 0.980. The first-order valence-corrected chi connectivity index (χ1v) is 7.33. The highest BCUT2D eigenvalue weighted by molar-refractivity contribution is 5.53. The number of rotatable bonds is 3. The van der Waals surface area contributed by atoms with Crippen molar-refractivity contribution in [3.05, 3.63) is 64.7 Å². The zero-order chi connectivity index (χ0) is 13.9. The molecule has 20 heavy (non-hydrogen) atoms. The summed E-state index contributed by atoms with van der Waals surface area (Å²) in [6, 6.07) is 15.3. The van der Waals surface area contributed by atoms with Crippen molar-refractivity contribution in [2.24, 2.45) is 0 Å². The predicted molar refractivity (Wildman–Crippen MR) is 85.1 cm³/mol. The van der Waals surface area contributed by atoms with E-state index >= 15 is 0 Å². The van der Waals surface area contributed by atoms with E-state index in [1.165, 1.54) is 22.4 Å². The van der Waals surface area contributed by atoms with Crippen LogP contribution < -0.4 is 10.2 Å². The predicted octanol–water partition coefficient (Wildman–Crippen LogP) is 3.28. The summed E-state index contributed by atoms with van der Waals surface area (Å²) in [4.78, 5) is 2.35. The Morgan fingerprint density at radius 3 is 2.80 bits per heavy atom. The number of anilines is 1. The summed E-state index contributed by atoms with van der Waals surface area (Å²) in [5.74, 6) is 0. The third-order valence-corrected chi connectivity index (χ3v) is 4.17. The fourth-order valence-corrected chi connectivity index (χ4v) is 3.09. The summed E-state index contributed by atoms with van der Waals surface area (Å²) in [6.07, 6.45) is 1.15. The van der Waals surface area contributed by atoms with Crippen molar-refractivity contribution in [2.75, 3.05) is 18.5 Å². The molecule has 2 aromatic carbocycles. The van der Waals surface area contributed by atoms with Gasteiger partial charge in [0.2, 0.25) is 0 Å². The molecule has 0 saturated heterocycles. The number of benzene rings is 2. The second-order valence-electron chi connectivity index (χ2n) is 5.62. The highest BCUT2D eigenvalue weighted by Gasteiger charge is 2.14. The largest absolute Gasteiger partial charge is 0.370 e. The number of aryl methyl sites for hydroxylation is 1. The van der Waals surface area contributed by atoms with Crippen LogP contribution in [0.1, 0.15) is 22.3 Å². The smallest absolute Gasteiger partial charge is 0.0429 e. The van der Waals surface area contributed by atoms with E-state index in [-0.39, 0.29) is 0 Å². The van der Waals surface area contributed by atoms with Gasteiger partial charge in [0.1, 0.15) is 0 Å². The first kappa shape index (κ1) is 13.2. The van der Waals surface area contributed by atoms with Crippen molar-refractivity contribution in [3.63, 3.8) is 0 Å². The van der Waals surface area contributed by atoms with Gasteiger partial charge >= 0.3 is 0 Å². The number of hydrogen-bond donors (Lipinski definition) is 1. The highest BCUT2D eigenvalue weighted by Crippen LogP contribution is 2.24. The Morgan fingerprint density at radius 1 is 1.10 bits per heavy atom.